The van der Waals surface area contributed by atoms with Crippen molar-refractivity contribution < 1.29 is 29.3 Å². The summed E-state index contributed by atoms with van der Waals surface area (Å²) in [6.07, 6.45) is 2.32. The molecule has 230 valence electrons. The molecule has 9 N–H and O–H groups in total. The summed E-state index contributed by atoms with van der Waals surface area (Å²) in [6, 6.07) is 13.1. The molecule has 3 atom stereocenters. The number of nitrogens with one attached hydrogen (secondary N) is 3. The molecule has 43 heavy (non-hydrogen) atoms. The van der Waals surface area contributed by atoms with Gasteiger partial charge in [-0.15, -0.1) is 0 Å². The smallest absolute Gasteiger partial charge is 0.407 e. The molecule has 0 radical (unpaired) electrons. The van der Waals surface area contributed by atoms with Gasteiger partial charge in [-0.25, -0.2) is 9.79 Å². The van der Waals surface area contributed by atoms with Gasteiger partial charge in [0.25, 0.3) is 5.91 Å². The van der Waals surface area contributed by atoms with E-state index in [1.807, 2.05) is 6.07 Å². The van der Waals surface area contributed by atoms with E-state index >= 15 is 0 Å². The molecule has 2 aromatic carbocycles. The molecule has 2 aromatic rings. The first-order valence-corrected chi connectivity index (χ1v) is 14.4. The normalized spacial score (nSPS) is 21.0. The lowest BCUT2D eigenvalue weighted by Gasteiger charge is -2.32. The summed E-state index contributed by atoms with van der Waals surface area (Å²) >= 11 is 0. The summed E-state index contributed by atoms with van der Waals surface area (Å²) in [7, 11) is 0. The quantitative estimate of drug-likeness (QED) is 0.111. The Kier molecular flexibility index (Phi) is 10.7. The fourth-order valence-electron chi connectivity index (χ4n) is 5.05. The molecule has 0 spiro atoms. The molecule has 0 saturated carbocycles. The van der Waals surface area contributed by atoms with E-state index in [1.165, 1.54) is 0 Å². The number of carbonyl (C=O) groups is 3. The topological polar surface area (TPSA) is 214 Å². The number of nitrogens with two attached hydrogens (primary N) is 2. The van der Waals surface area contributed by atoms with Gasteiger partial charge in [-0.05, 0) is 37.8 Å². The van der Waals surface area contributed by atoms with E-state index in [0.717, 1.165) is 6.42 Å². The predicted octanol–water partition coefficient (Wildman–Crippen LogP) is 0.790. The first-order valence-electron chi connectivity index (χ1n) is 14.4. The number of benzene rings is 2. The van der Waals surface area contributed by atoms with E-state index in [4.69, 9.17) is 16.2 Å². The van der Waals surface area contributed by atoms with Crippen molar-refractivity contribution in [1.82, 2.24) is 16.0 Å². The highest BCUT2D eigenvalue weighted by Gasteiger charge is 2.47. The monoisotopic (exact) mass is 593 g/mol. The minimum absolute atomic E-state index is 0.0467. The number of rotatable bonds is 11. The SMILES string of the molecule is NC1=NC(COC(=O)NCCCCCNC(=O)c2ccc(C(=O)c3ccccc3)cc2)C2NC(N)=NC2C(O)(O)CCC1. The number of ketones is 1. The minimum Gasteiger partial charge on any atom is -0.447 e. The van der Waals surface area contributed by atoms with Crippen molar-refractivity contribution in [3.63, 3.8) is 0 Å². The number of alkyl carbamates (subject to hydrolysis) is 1. The summed E-state index contributed by atoms with van der Waals surface area (Å²) in [5.74, 6) is -2.06. The van der Waals surface area contributed by atoms with Crippen molar-refractivity contribution in [2.45, 2.75) is 62.4 Å². The van der Waals surface area contributed by atoms with Gasteiger partial charge in [0, 0.05) is 42.6 Å². The van der Waals surface area contributed by atoms with Crippen LogP contribution in [0.25, 0.3) is 0 Å². The number of hydrogen-bond donors (Lipinski definition) is 7. The van der Waals surface area contributed by atoms with Gasteiger partial charge in [0.05, 0.1) is 11.9 Å². The van der Waals surface area contributed by atoms with Gasteiger partial charge in [0.15, 0.2) is 17.5 Å². The third-order valence-corrected chi connectivity index (χ3v) is 7.37. The zero-order chi connectivity index (χ0) is 30.8. The van der Waals surface area contributed by atoms with E-state index in [9.17, 15) is 24.6 Å². The first-order chi connectivity index (χ1) is 20.6. The van der Waals surface area contributed by atoms with Gasteiger partial charge in [0.1, 0.15) is 18.7 Å². The molecule has 13 heteroatoms. The van der Waals surface area contributed by atoms with Crippen molar-refractivity contribution in [3.8, 4) is 0 Å². The average molecular weight is 594 g/mol. The number of carbonyl (C=O) groups excluding carboxylic acids is 3. The predicted molar refractivity (Wildman–Crippen MR) is 161 cm³/mol. The number of guanidine groups is 1. The number of fused-ring (bicyclic) bond motifs is 1. The molecule has 2 heterocycles. The van der Waals surface area contributed by atoms with Crippen molar-refractivity contribution in [1.29, 1.82) is 0 Å². The van der Waals surface area contributed by atoms with Crippen molar-refractivity contribution in [3.05, 3.63) is 71.3 Å². The van der Waals surface area contributed by atoms with Crippen LogP contribution in [0.3, 0.4) is 0 Å². The molecular weight excluding hydrogens is 554 g/mol. The summed E-state index contributed by atoms with van der Waals surface area (Å²) < 4.78 is 5.35. The van der Waals surface area contributed by atoms with Crippen LogP contribution in [0.15, 0.2) is 64.6 Å². The lowest BCUT2D eigenvalue weighted by atomic mass is 9.92. The van der Waals surface area contributed by atoms with Crippen LogP contribution in [0, 0.1) is 0 Å². The number of amidine groups is 1. The molecule has 0 aliphatic carbocycles. The van der Waals surface area contributed by atoms with E-state index < -0.39 is 30.0 Å². The minimum atomic E-state index is -2.10. The Hall–Kier alpha value is -4.49. The Balaban J connectivity index is 1.13. The van der Waals surface area contributed by atoms with Crippen molar-refractivity contribution in [2.75, 3.05) is 19.7 Å². The Labute approximate surface area is 249 Å². The van der Waals surface area contributed by atoms with Crippen LogP contribution in [-0.4, -0.2) is 83.4 Å². The molecule has 13 nitrogen and oxygen atoms in total. The third-order valence-electron chi connectivity index (χ3n) is 7.37. The third kappa shape index (κ3) is 8.75. The Morgan fingerprint density at radius 1 is 0.907 bits per heavy atom. The molecule has 2 amide bonds. The molecule has 3 unspecified atom stereocenters. The van der Waals surface area contributed by atoms with Gasteiger partial charge < -0.3 is 42.4 Å². The van der Waals surface area contributed by atoms with Crippen LogP contribution in [0.1, 0.15) is 64.8 Å². The maximum Gasteiger partial charge on any atom is 0.407 e. The zero-order valence-corrected chi connectivity index (χ0v) is 23.9. The van der Waals surface area contributed by atoms with Gasteiger partial charge in [0.2, 0.25) is 0 Å². The van der Waals surface area contributed by atoms with Gasteiger partial charge in [-0.3, -0.25) is 14.6 Å². The standard InChI is InChI=1S/C30H39N7O6/c31-23-10-7-15-30(41,42)26-24(36-28(32)37-26)22(35-23)18-43-29(40)34-17-6-2-5-16-33-27(39)21-13-11-20(12-14-21)25(38)19-8-3-1-4-9-19/h1,3-4,8-9,11-14,22,24,26,41-42H,2,5-7,10,15-18H2,(H2,31,35)(H,33,39)(H,34,40)(H3,32,36,37). The van der Waals surface area contributed by atoms with E-state index in [1.54, 1.807) is 48.5 Å². The number of unbranched alkanes of at least 4 members (excludes halogenated alkanes) is 2. The number of hydrogen-bond acceptors (Lipinski definition) is 11. The lowest BCUT2D eigenvalue weighted by molar-refractivity contribution is -0.184. The molecule has 0 fully saturated rings. The van der Waals surface area contributed by atoms with Gasteiger partial charge in [-0.2, -0.15) is 0 Å². The summed E-state index contributed by atoms with van der Waals surface area (Å²) in [6.45, 7) is 0.677. The average Bonchev–Trinajstić information content (AvgIpc) is 3.41. The zero-order valence-electron chi connectivity index (χ0n) is 23.9. The summed E-state index contributed by atoms with van der Waals surface area (Å²) in [4.78, 5) is 45.8. The maximum absolute atomic E-state index is 12.5. The highest BCUT2D eigenvalue weighted by atomic mass is 16.5. The fourth-order valence-corrected chi connectivity index (χ4v) is 5.05. The second-order valence-corrected chi connectivity index (χ2v) is 10.7. The molecule has 2 aliphatic rings. The van der Waals surface area contributed by atoms with E-state index in [2.05, 4.69) is 25.9 Å². The summed E-state index contributed by atoms with van der Waals surface area (Å²) in [5, 5.41) is 29.5. The van der Waals surface area contributed by atoms with Crippen LogP contribution in [-0.2, 0) is 4.74 Å². The van der Waals surface area contributed by atoms with Crippen LogP contribution in [0.2, 0.25) is 0 Å². The Morgan fingerprint density at radius 2 is 1.56 bits per heavy atom. The van der Waals surface area contributed by atoms with Crippen LogP contribution in [0.4, 0.5) is 4.79 Å². The Bertz CT molecular complexity index is 1330. The molecule has 0 saturated heterocycles. The number of aliphatic imine (C=N–C) groups is 2. The first kappa shape index (κ1) is 31.4. The molecule has 0 aromatic heterocycles. The highest BCUT2D eigenvalue weighted by molar-refractivity contribution is 6.09. The number of ether oxygens (including phenoxy) is 1. The molecule has 0 bridgehead atoms. The molecule has 4 rings (SSSR count). The maximum atomic E-state index is 12.5. The largest absolute Gasteiger partial charge is 0.447 e. The second kappa shape index (κ2) is 14.6. The van der Waals surface area contributed by atoms with Crippen LogP contribution < -0.4 is 27.4 Å². The fraction of sp³-hybridized carbons (Fsp3) is 0.433. The number of aliphatic hydroxyl groups is 2. The van der Waals surface area contributed by atoms with Gasteiger partial charge in [-0.1, -0.05) is 42.5 Å². The van der Waals surface area contributed by atoms with E-state index in [0.29, 0.717) is 61.3 Å². The second-order valence-electron chi connectivity index (χ2n) is 10.7. The summed E-state index contributed by atoms with van der Waals surface area (Å²) in [5.41, 5.74) is 13.4. The van der Waals surface area contributed by atoms with Crippen molar-refractivity contribution in [2.24, 2.45) is 21.5 Å². The van der Waals surface area contributed by atoms with E-state index in [-0.39, 0.29) is 30.7 Å². The Morgan fingerprint density at radius 3 is 2.28 bits per heavy atom. The van der Waals surface area contributed by atoms with Crippen molar-refractivity contribution >= 4 is 29.6 Å². The number of nitrogens with zero attached hydrogens (tertiary/aromatic N) is 2. The van der Waals surface area contributed by atoms with Gasteiger partial charge >= 0.3 is 6.09 Å². The van der Waals surface area contributed by atoms with Crippen LogP contribution >= 0.6 is 0 Å². The molecule has 2 aliphatic heterocycles. The highest BCUT2D eigenvalue weighted by Crippen LogP contribution is 2.28. The number of amides is 2. The lowest BCUT2D eigenvalue weighted by Crippen LogP contribution is -2.55. The molecular formula is C30H39N7O6. The van der Waals surface area contributed by atoms with Crippen LogP contribution in [0.5, 0.6) is 0 Å².